The second-order valence-corrected chi connectivity index (χ2v) is 7.05. The molecule has 0 aliphatic heterocycles. The third-order valence-electron chi connectivity index (χ3n) is 5.76. The van der Waals surface area contributed by atoms with Gasteiger partial charge in [-0.15, -0.1) is 0 Å². The highest BCUT2D eigenvalue weighted by Crippen LogP contribution is 2.41. The van der Waals surface area contributed by atoms with E-state index < -0.39 is 0 Å². The fraction of sp³-hybridized carbons (Fsp3) is 0.0400. The molecule has 0 aliphatic rings. The lowest BCUT2D eigenvalue weighted by Crippen LogP contribution is -1.89. The summed E-state index contributed by atoms with van der Waals surface area (Å²) in [6.45, 7) is 2.27. The van der Waals surface area contributed by atoms with Gasteiger partial charge in [0.15, 0.2) is 0 Å². The van der Waals surface area contributed by atoms with Crippen LogP contribution in [0.5, 0.6) is 0 Å². The summed E-state index contributed by atoms with van der Waals surface area (Å²) in [5.41, 5.74) is 1.38. The molecule has 0 aromatic heterocycles. The quantitative estimate of drug-likeness (QED) is 0.205. The molecule has 0 bridgehead atoms. The molecule has 0 spiro atoms. The third-order valence-corrected chi connectivity index (χ3v) is 5.76. The molecule has 0 heterocycles. The van der Waals surface area contributed by atoms with E-state index in [1.165, 1.54) is 59.4 Å². The van der Waals surface area contributed by atoms with E-state index in [1.54, 1.807) is 0 Å². The maximum absolute atomic E-state index is 2.36. The Labute approximate surface area is 145 Å². The first-order valence-corrected chi connectivity index (χ1v) is 8.80. The van der Waals surface area contributed by atoms with Crippen LogP contribution < -0.4 is 0 Å². The fourth-order valence-electron chi connectivity index (χ4n) is 4.54. The molecule has 6 rings (SSSR count). The number of benzene rings is 6. The van der Waals surface area contributed by atoms with Gasteiger partial charge in [-0.05, 0) is 78.5 Å². The van der Waals surface area contributed by atoms with Gasteiger partial charge in [-0.1, -0.05) is 66.7 Å². The van der Waals surface area contributed by atoms with Crippen LogP contribution in [0.3, 0.4) is 0 Å². The van der Waals surface area contributed by atoms with Crippen molar-refractivity contribution in [1.82, 2.24) is 0 Å². The molecule has 0 nitrogen and oxygen atoms in total. The summed E-state index contributed by atoms with van der Waals surface area (Å²) in [4.78, 5) is 0. The zero-order valence-corrected chi connectivity index (χ0v) is 14.0. The van der Waals surface area contributed by atoms with E-state index in [9.17, 15) is 0 Å². The largest absolute Gasteiger partial charge is 0.0616 e. The van der Waals surface area contributed by atoms with Crippen molar-refractivity contribution in [1.29, 1.82) is 0 Å². The van der Waals surface area contributed by atoms with Crippen LogP contribution in [-0.4, -0.2) is 0 Å². The van der Waals surface area contributed by atoms with Crippen LogP contribution in [0.1, 0.15) is 5.56 Å². The van der Waals surface area contributed by atoms with Gasteiger partial charge in [0.25, 0.3) is 0 Å². The molecule has 116 valence electrons. The van der Waals surface area contributed by atoms with E-state index in [2.05, 4.69) is 85.8 Å². The van der Waals surface area contributed by atoms with Gasteiger partial charge in [0.2, 0.25) is 0 Å². The number of fused-ring (bicyclic) bond motifs is 3. The Kier molecular flexibility index (Phi) is 2.37. The maximum atomic E-state index is 2.36. The fourth-order valence-corrected chi connectivity index (χ4v) is 4.54. The van der Waals surface area contributed by atoms with Crippen molar-refractivity contribution in [2.24, 2.45) is 0 Å². The number of rotatable bonds is 0. The number of hydrogen-bond acceptors (Lipinski definition) is 0. The zero-order valence-electron chi connectivity index (χ0n) is 14.0. The molecule has 6 aromatic rings. The minimum Gasteiger partial charge on any atom is -0.0616 e. The van der Waals surface area contributed by atoms with Crippen molar-refractivity contribution < 1.29 is 0 Å². The Hall–Kier alpha value is -3.12. The molecule has 0 N–H and O–H groups in total. The van der Waals surface area contributed by atoms with Crippen LogP contribution in [0.2, 0.25) is 0 Å². The lowest BCUT2D eigenvalue weighted by atomic mass is 9.87. The summed E-state index contributed by atoms with van der Waals surface area (Å²) in [7, 11) is 0. The summed E-state index contributed by atoms with van der Waals surface area (Å²) in [5.74, 6) is 0. The standard InChI is InChI=1S/C25H16/c1-15-20-11-9-16-7-4-8-17-10-12-21(25(20)24(16)17)23-14-19-6-3-2-5-18(19)13-22(15)23/h2-14H,1H3. The smallest absolute Gasteiger partial charge is 0.00177 e. The molecule has 0 saturated heterocycles. The Bertz CT molecular complexity index is 1420. The van der Waals surface area contributed by atoms with Crippen LogP contribution in [0.25, 0.3) is 53.9 Å². The molecule has 0 heteroatoms. The van der Waals surface area contributed by atoms with E-state index in [4.69, 9.17) is 0 Å². The van der Waals surface area contributed by atoms with Crippen molar-refractivity contribution in [2.75, 3.05) is 0 Å². The van der Waals surface area contributed by atoms with Crippen molar-refractivity contribution in [3.8, 4) is 0 Å². The normalized spacial score (nSPS) is 12.2. The molecular weight excluding hydrogens is 300 g/mol. The highest BCUT2D eigenvalue weighted by atomic mass is 14.2. The van der Waals surface area contributed by atoms with Crippen molar-refractivity contribution in [3.05, 3.63) is 84.4 Å². The molecule has 0 fully saturated rings. The first kappa shape index (κ1) is 13.2. The van der Waals surface area contributed by atoms with Gasteiger partial charge in [-0.25, -0.2) is 0 Å². The molecule has 0 radical (unpaired) electrons. The summed E-state index contributed by atoms with van der Waals surface area (Å²) < 4.78 is 0. The van der Waals surface area contributed by atoms with Gasteiger partial charge in [-0.3, -0.25) is 0 Å². The summed E-state index contributed by atoms with van der Waals surface area (Å²) in [6.07, 6.45) is 0. The Morgan fingerprint density at radius 1 is 0.440 bits per heavy atom. The second-order valence-electron chi connectivity index (χ2n) is 7.05. The van der Waals surface area contributed by atoms with Gasteiger partial charge in [0, 0.05) is 0 Å². The van der Waals surface area contributed by atoms with E-state index in [0.29, 0.717) is 0 Å². The Morgan fingerprint density at radius 3 is 1.76 bits per heavy atom. The average Bonchev–Trinajstić information content (AvgIpc) is 2.67. The number of aryl methyl sites for hydroxylation is 1. The minimum absolute atomic E-state index is 1.31. The van der Waals surface area contributed by atoms with E-state index >= 15 is 0 Å². The van der Waals surface area contributed by atoms with E-state index in [1.807, 2.05) is 0 Å². The molecule has 0 unspecified atom stereocenters. The number of hydrogen-bond donors (Lipinski definition) is 0. The first-order chi connectivity index (χ1) is 12.3. The maximum Gasteiger partial charge on any atom is -0.00177 e. The van der Waals surface area contributed by atoms with E-state index in [0.717, 1.165) is 0 Å². The predicted octanol–water partition coefficient (Wildman–Crippen LogP) is 7.20. The van der Waals surface area contributed by atoms with Gasteiger partial charge in [-0.2, -0.15) is 0 Å². The lowest BCUT2D eigenvalue weighted by Gasteiger charge is -2.16. The lowest BCUT2D eigenvalue weighted by molar-refractivity contribution is 1.60. The summed E-state index contributed by atoms with van der Waals surface area (Å²) in [5, 5.41) is 13.6. The molecule has 6 aromatic carbocycles. The zero-order chi connectivity index (χ0) is 16.5. The molecule has 0 saturated carbocycles. The molecule has 0 amide bonds. The predicted molar refractivity (Wildman–Crippen MR) is 110 cm³/mol. The molecule has 25 heavy (non-hydrogen) atoms. The van der Waals surface area contributed by atoms with E-state index in [-0.39, 0.29) is 0 Å². The highest BCUT2D eigenvalue weighted by Gasteiger charge is 2.14. The van der Waals surface area contributed by atoms with Gasteiger partial charge < -0.3 is 0 Å². The van der Waals surface area contributed by atoms with Crippen molar-refractivity contribution >= 4 is 53.9 Å². The average molecular weight is 316 g/mol. The molecule has 0 atom stereocenters. The van der Waals surface area contributed by atoms with Crippen LogP contribution in [0, 0.1) is 6.92 Å². The minimum atomic E-state index is 1.31. The topological polar surface area (TPSA) is 0 Å². The highest BCUT2D eigenvalue weighted by molar-refractivity contribution is 6.30. The van der Waals surface area contributed by atoms with Gasteiger partial charge in [0.1, 0.15) is 0 Å². The third kappa shape index (κ3) is 1.62. The first-order valence-electron chi connectivity index (χ1n) is 8.80. The van der Waals surface area contributed by atoms with Crippen molar-refractivity contribution in [3.63, 3.8) is 0 Å². The van der Waals surface area contributed by atoms with Gasteiger partial charge >= 0.3 is 0 Å². The summed E-state index contributed by atoms with van der Waals surface area (Å²) >= 11 is 0. The van der Waals surface area contributed by atoms with Crippen molar-refractivity contribution in [2.45, 2.75) is 6.92 Å². The van der Waals surface area contributed by atoms with Crippen LogP contribution in [0.4, 0.5) is 0 Å². The Morgan fingerprint density at radius 2 is 1.04 bits per heavy atom. The summed E-state index contributed by atoms with van der Waals surface area (Å²) in [6, 6.07) is 29.1. The molecular formula is C25H16. The van der Waals surface area contributed by atoms with Crippen LogP contribution in [0.15, 0.2) is 78.9 Å². The molecule has 0 aliphatic carbocycles. The Balaban J connectivity index is 1.99. The van der Waals surface area contributed by atoms with Gasteiger partial charge in [0.05, 0.1) is 0 Å². The second kappa shape index (κ2) is 4.49. The van der Waals surface area contributed by atoms with Crippen LogP contribution in [-0.2, 0) is 0 Å². The van der Waals surface area contributed by atoms with Crippen LogP contribution >= 0.6 is 0 Å². The SMILES string of the molecule is Cc1c2cc3ccccc3cc2c2ccc3cccc4ccc1c2c43. The monoisotopic (exact) mass is 316 g/mol.